The summed E-state index contributed by atoms with van der Waals surface area (Å²) < 4.78 is 32.2. The van der Waals surface area contributed by atoms with Gasteiger partial charge in [-0.15, -0.1) is 0 Å². The first kappa shape index (κ1) is 22.1. The number of methoxy groups -OCH3 is 1. The molecule has 7 nitrogen and oxygen atoms in total. The third-order valence-electron chi connectivity index (χ3n) is 4.52. The molecule has 0 fully saturated rings. The van der Waals surface area contributed by atoms with Crippen LogP contribution in [0, 0.1) is 18.6 Å². The summed E-state index contributed by atoms with van der Waals surface area (Å²) in [4.78, 5) is 41.4. The van der Waals surface area contributed by atoms with E-state index in [9.17, 15) is 23.2 Å². The molecule has 0 saturated carbocycles. The van der Waals surface area contributed by atoms with Gasteiger partial charge < -0.3 is 19.9 Å². The first-order valence-corrected chi connectivity index (χ1v) is 9.07. The number of hydrogen-bond donors (Lipinski definition) is 2. The van der Waals surface area contributed by atoms with Gasteiger partial charge in [0, 0.05) is 12.2 Å². The molecule has 0 aliphatic rings. The Labute approximate surface area is 167 Å². The third-order valence-corrected chi connectivity index (χ3v) is 4.52. The molecule has 1 aromatic heterocycles. The van der Waals surface area contributed by atoms with Crippen LogP contribution in [-0.4, -0.2) is 47.9 Å². The second-order valence-electron chi connectivity index (χ2n) is 6.29. The number of aryl methyl sites for hydroxylation is 1. The van der Waals surface area contributed by atoms with Crippen molar-refractivity contribution in [2.75, 3.05) is 25.5 Å². The molecule has 29 heavy (non-hydrogen) atoms. The number of likely N-dealkylation sites (N-methyl/N-ethyl adjacent to an activating group) is 1. The van der Waals surface area contributed by atoms with Gasteiger partial charge in [0.15, 0.2) is 0 Å². The fraction of sp³-hybridized carbons (Fsp3) is 0.350. The van der Waals surface area contributed by atoms with Gasteiger partial charge in [0.05, 0.1) is 12.7 Å². The number of H-pyrrole nitrogens is 1. The molecule has 2 aromatic rings. The van der Waals surface area contributed by atoms with Gasteiger partial charge in [-0.2, -0.15) is 0 Å². The number of nitrogens with one attached hydrogen (secondary N) is 2. The maximum Gasteiger partial charge on any atom is 0.339 e. The first-order valence-electron chi connectivity index (χ1n) is 9.07. The number of ether oxygens (including phenoxy) is 1. The van der Waals surface area contributed by atoms with Crippen molar-refractivity contribution in [1.82, 2.24) is 9.88 Å². The Morgan fingerprint density at radius 1 is 1.17 bits per heavy atom. The summed E-state index contributed by atoms with van der Waals surface area (Å²) in [7, 11) is 1.25. The topological polar surface area (TPSA) is 91.5 Å². The van der Waals surface area contributed by atoms with Crippen LogP contribution in [0.4, 0.5) is 14.5 Å². The zero-order chi connectivity index (χ0) is 21.7. The number of benzene rings is 1. The summed E-state index contributed by atoms with van der Waals surface area (Å²) in [6.45, 7) is 4.84. The van der Waals surface area contributed by atoms with Crippen molar-refractivity contribution in [2.24, 2.45) is 0 Å². The van der Waals surface area contributed by atoms with Gasteiger partial charge in [-0.05, 0) is 38.0 Å². The second kappa shape index (κ2) is 9.31. The molecule has 1 heterocycles. The quantitative estimate of drug-likeness (QED) is 0.690. The summed E-state index contributed by atoms with van der Waals surface area (Å²) >= 11 is 0. The summed E-state index contributed by atoms with van der Waals surface area (Å²) in [5, 5.41) is 2.15. The van der Waals surface area contributed by atoms with E-state index in [1.165, 1.54) is 18.1 Å². The summed E-state index contributed by atoms with van der Waals surface area (Å²) in [6, 6.07) is 3.22. The Balaban J connectivity index is 2.24. The summed E-state index contributed by atoms with van der Waals surface area (Å²) in [5.41, 5.74) is 0.837. The van der Waals surface area contributed by atoms with Crippen molar-refractivity contribution in [3.05, 3.63) is 52.3 Å². The molecule has 0 radical (unpaired) electrons. The van der Waals surface area contributed by atoms with E-state index in [-0.39, 0.29) is 17.8 Å². The highest BCUT2D eigenvalue weighted by Gasteiger charge is 2.27. The van der Waals surface area contributed by atoms with Gasteiger partial charge in [0.1, 0.15) is 29.6 Å². The lowest BCUT2D eigenvalue weighted by Gasteiger charge is -2.20. The van der Waals surface area contributed by atoms with Crippen LogP contribution < -0.4 is 5.32 Å². The van der Waals surface area contributed by atoms with Crippen LogP contribution in [0.3, 0.4) is 0 Å². The van der Waals surface area contributed by atoms with E-state index >= 15 is 0 Å². The molecule has 0 saturated heterocycles. The zero-order valence-corrected chi connectivity index (χ0v) is 16.7. The highest BCUT2D eigenvalue weighted by molar-refractivity contribution is 6.02. The first-order chi connectivity index (χ1) is 13.7. The fourth-order valence-corrected chi connectivity index (χ4v) is 2.97. The van der Waals surface area contributed by atoms with Crippen molar-refractivity contribution < 1.29 is 27.9 Å². The van der Waals surface area contributed by atoms with Gasteiger partial charge >= 0.3 is 5.97 Å². The number of nitrogens with zero attached hydrogens (tertiary/aromatic N) is 1. The van der Waals surface area contributed by atoms with Gasteiger partial charge in [0.2, 0.25) is 5.91 Å². The van der Waals surface area contributed by atoms with E-state index in [1.54, 1.807) is 13.8 Å². The molecule has 0 unspecified atom stereocenters. The van der Waals surface area contributed by atoms with E-state index in [1.807, 2.05) is 6.92 Å². The molecule has 0 aliphatic heterocycles. The molecule has 0 bridgehead atoms. The predicted molar refractivity (Wildman–Crippen MR) is 103 cm³/mol. The number of rotatable bonds is 7. The maximum atomic E-state index is 13.7. The Hall–Kier alpha value is -3.23. The highest BCUT2D eigenvalue weighted by atomic mass is 19.1. The second-order valence-corrected chi connectivity index (χ2v) is 6.29. The van der Waals surface area contributed by atoms with Crippen LogP contribution in [0.25, 0.3) is 0 Å². The molecule has 0 spiro atoms. The van der Waals surface area contributed by atoms with Gasteiger partial charge in [-0.3, -0.25) is 9.59 Å². The van der Waals surface area contributed by atoms with Gasteiger partial charge in [-0.1, -0.05) is 13.0 Å². The fourth-order valence-electron chi connectivity index (χ4n) is 2.97. The predicted octanol–water partition coefficient (Wildman–Crippen LogP) is 3.05. The summed E-state index contributed by atoms with van der Waals surface area (Å²) in [6.07, 6.45) is 0.470. The number of carbonyl (C=O) groups excluding carboxylic acids is 3. The van der Waals surface area contributed by atoms with Crippen LogP contribution in [0.2, 0.25) is 0 Å². The third kappa shape index (κ3) is 4.61. The molecular weight excluding hydrogens is 384 g/mol. The van der Waals surface area contributed by atoms with Crippen molar-refractivity contribution >= 4 is 23.5 Å². The Morgan fingerprint density at radius 2 is 1.79 bits per heavy atom. The molecule has 156 valence electrons. The maximum absolute atomic E-state index is 13.7. The SMILES string of the molecule is CCc1[nH]c(C(=O)N(CC)CC(=O)Nc2c(F)cccc2F)c(C)c1C(=O)OC. The van der Waals surface area contributed by atoms with Crippen LogP contribution in [-0.2, 0) is 16.0 Å². The molecule has 1 aromatic carbocycles. The van der Waals surface area contributed by atoms with Crippen molar-refractivity contribution in [3.63, 3.8) is 0 Å². The monoisotopic (exact) mass is 407 g/mol. The molecule has 2 rings (SSSR count). The van der Waals surface area contributed by atoms with E-state index in [2.05, 4.69) is 10.3 Å². The number of anilines is 1. The zero-order valence-electron chi connectivity index (χ0n) is 16.7. The minimum absolute atomic E-state index is 0.161. The Kier molecular flexibility index (Phi) is 7.08. The number of carbonyl (C=O) groups is 3. The molecule has 2 N–H and O–H groups in total. The highest BCUT2D eigenvalue weighted by Crippen LogP contribution is 2.22. The average molecular weight is 407 g/mol. The van der Waals surface area contributed by atoms with Crippen LogP contribution in [0.5, 0.6) is 0 Å². The lowest BCUT2D eigenvalue weighted by Crippen LogP contribution is -2.38. The molecule has 9 heteroatoms. The lowest BCUT2D eigenvalue weighted by atomic mass is 10.1. The van der Waals surface area contributed by atoms with E-state index in [4.69, 9.17) is 4.74 Å². The van der Waals surface area contributed by atoms with Crippen molar-refractivity contribution in [3.8, 4) is 0 Å². The minimum atomic E-state index is -0.914. The minimum Gasteiger partial charge on any atom is -0.465 e. The number of para-hydroxylation sites is 1. The number of aromatic amines is 1. The molecule has 0 aliphatic carbocycles. The normalized spacial score (nSPS) is 10.6. The lowest BCUT2D eigenvalue weighted by molar-refractivity contribution is -0.116. The average Bonchev–Trinajstić information content (AvgIpc) is 3.04. The summed E-state index contributed by atoms with van der Waals surface area (Å²) in [5.74, 6) is -3.66. The van der Waals surface area contributed by atoms with E-state index < -0.39 is 41.7 Å². The van der Waals surface area contributed by atoms with Crippen molar-refractivity contribution in [2.45, 2.75) is 27.2 Å². The standard InChI is InChI=1S/C20H23F2N3O4/c1-5-14-16(20(28)29-4)11(3)17(23-14)19(27)25(6-2)10-15(26)24-18-12(21)8-7-9-13(18)22/h7-9,23H,5-6,10H2,1-4H3,(H,24,26). The van der Waals surface area contributed by atoms with Gasteiger partial charge in [-0.25, -0.2) is 13.6 Å². The largest absolute Gasteiger partial charge is 0.465 e. The smallest absolute Gasteiger partial charge is 0.339 e. The number of aromatic nitrogens is 1. The van der Waals surface area contributed by atoms with Crippen molar-refractivity contribution in [1.29, 1.82) is 0 Å². The van der Waals surface area contributed by atoms with Crippen LogP contribution in [0.15, 0.2) is 18.2 Å². The number of hydrogen-bond acceptors (Lipinski definition) is 4. The number of halogens is 2. The van der Waals surface area contributed by atoms with E-state index in [0.717, 1.165) is 12.1 Å². The van der Waals surface area contributed by atoms with Crippen LogP contribution >= 0.6 is 0 Å². The van der Waals surface area contributed by atoms with E-state index in [0.29, 0.717) is 17.7 Å². The Bertz CT molecular complexity index is 920. The molecular formula is C20H23F2N3O4. The van der Waals surface area contributed by atoms with Gasteiger partial charge in [0.25, 0.3) is 5.91 Å². The van der Waals surface area contributed by atoms with Crippen LogP contribution in [0.1, 0.15) is 46.0 Å². The Morgan fingerprint density at radius 3 is 2.31 bits per heavy atom. The number of esters is 1. The molecule has 0 atom stereocenters. The molecule has 2 amide bonds. The number of amides is 2.